The van der Waals surface area contributed by atoms with Gasteiger partial charge in [-0.05, 0) is 49.3 Å². The van der Waals surface area contributed by atoms with Gasteiger partial charge in [0.1, 0.15) is 54.9 Å². The number of hydrogen-bond acceptors (Lipinski definition) is 16. The minimum Gasteiger partial charge on any atom is -0.481 e. The summed E-state index contributed by atoms with van der Waals surface area (Å²) in [6.45, 7) is 1.36. The number of amides is 11. The highest BCUT2D eigenvalue weighted by Crippen LogP contribution is 2.25. The molecule has 442 valence electrons. The average molecular weight is 1180 g/mol. The van der Waals surface area contributed by atoms with Crippen LogP contribution >= 0.6 is 21.6 Å². The van der Waals surface area contributed by atoms with Gasteiger partial charge >= 0.3 is 12.0 Å². The minimum absolute atomic E-state index is 0.0909. The van der Waals surface area contributed by atoms with E-state index in [1.807, 2.05) is 13.0 Å². The number of benzene rings is 2. The number of carboxylic acid groups (broad SMARTS) is 1. The number of carbonyl (C=O) groups excluding carboxylic acids is 10. The van der Waals surface area contributed by atoms with E-state index in [1.165, 1.54) is 6.34 Å². The van der Waals surface area contributed by atoms with Gasteiger partial charge < -0.3 is 74.7 Å². The standard InChI is InChI=1S/C52H70N16O12S2/c1-2-3-13-35-50(79)68(52(80)67-35)24-41(69)60-40-26-82-81-25-39(43(53)72)66-47(76)37(20-29-22-58-32-14-8-7-12-31(29)32)64-44(73)33(15-9-18-57-51(54)55)61-46(75)36(19-28-10-5-4-6-11-28)63-48(77)38(21-30-23-56-27-59-30)65-45(74)34(62-49(40)78)16-17-42(70)71/h4-8,10-12,14,22,27,30,33-40,58H,2-3,9,13,15-21,23-26H2,1H3,(H2,53,72)(H,56,59)(H,60,69)(H,61,75)(H,62,78)(H,63,77)(H,64,73)(H,65,74)(H,66,76)(H,67,80)(H,70,71)(H4,54,55,57)/t30?,33-,34?,35-,36+,37?,38-,39-,40-/m0/s1. The number of para-hydroxylation sites is 1. The van der Waals surface area contributed by atoms with Crippen molar-refractivity contribution >= 4 is 110 Å². The Hall–Kier alpha value is -8.41. The number of nitrogens with zero attached hydrogens (tertiary/aromatic N) is 2. The maximum Gasteiger partial charge on any atom is 0.325 e. The SMILES string of the molecule is CCCC[C@@H]1NC(=O)N(CC(=O)N[C@H]2CSSC[C@@H](C(N)=O)NC(=O)C(Cc3c[nH]c4ccccc34)NC(=O)[C@H](CCCNC(=N)N)NC(=O)[C@@H](Cc3ccccc3)NC(=O)[C@H](CC3CN=CN3)NC(=O)C(CCC(=O)O)NC2=O)C1=O. The van der Waals surface area contributed by atoms with E-state index in [0.717, 1.165) is 33.5 Å². The molecule has 9 atom stereocenters. The predicted octanol–water partition coefficient (Wildman–Crippen LogP) is -2.14. The van der Waals surface area contributed by atoms with Gasteiger partial charge in [0.15, 0.2) is 5.96 Å². The van der Waals surface area contributed by atoms with Crippen LogP contribution in [-0.2, 0) is 60.8 Å². The maximum absolute atomic E-state index is 14.7. The number of nitrogens with one attached hydrogen (secondary N) is 12. The number of aliphatic carboxylic acids is 1. The number of unbranched alkanes of at least 4 members (excludes halogenated alkanes) is 1. The molecule has 3 aliphatic rings. The van der Waals surface area contributed by atoms with Crippen LogP contribution in [0, 0.1) is 5.41 Å². The highest BCUT2D eigenvalue weighted by Gasteiger charge is 2.40. The number of hydrogen-bond donors (Lipinski definition) is 15. The van der Waals surface area contributed by atoms with Crippen molar-refractivity contribution in [2.75, 3.05) is 31.1 Å². The Bertz CT molecular complexity index is 2850. The molecule has 3 unspecified atom stereocenters. The second kappa shape index (κ2) is 31.0. The summed E-state index contributed by atoms with van der Waals surface area (Å²) in [6, 6.07) is 3.04. The zero-order valence-electron chi connectivity index (χ0n) is 45.0. The van der Waals surface area contributed by atoms with E-state index in [1.54, 1.807) is 54.7 Å². The molecule has 82 heavy (non-hydrogen) atoms. The first-order valence-electron chi connectivity index (χ1n) is 26.7. The quantitative estimate of drug-likeness (QED) is 0.0189. The fourth-order valence-corrected chi connectivity index (χ4v) is 11.5. The third kappa shape index (κ3) is 18.8. The second-order valence-corrected chi connectivity index (χ2v) is 22.3. The number of urea groups is 1. The molecule has 1 aromatic heterocycles. The zero-order valence-corrected chi connectivity index (χ0v) is 46.6. The summed E-state index contributed by atoms with van der Waals surface area (Å²) < 4.78 is 0. The lowest BCUT2D eigenvalue weighted by Crippen LogP contribution is -2.61. The van der Waals surface area contributed by atoms with Crippen LogP contribution in [0.3, 0.4) is 0 Å². The van der Waals surface area contributed by atoms with E-state index in [9.17, 15) is 57.8 Å². The summed E-state index contributed by atoms with van der Waals surface area (Å²) in [5.41, 5.74) is 13.3. The number of aliphatic imine (C=N–C) groups is 1. The zero-order chi connectivity index (χ0) is 59.3. The molecular formula is C52H70N16O12S2. The molecule has 17 N–H and O–H groups in total. The molecule has 2 fully saturated rings. The monoisotopic (exact) mass is 1170 g/mol. The molecule has 0 saturated carbocycles. The van der Waals surface area contributed by atoms with Crippen LogP contribution in [0.4, 0.5) is 4.79 Å². The van der Waals surface area contributed by atoms with E-state index < -0.39 is 139 Å². The van der Waals surface area contributed by atoms with Crippen LogP contribution in [0.25, 0.3) is 10.9 Å². The summed E-state index contributed by atoms with van der Waals surface area (Å²) >= 11 is 0. The van der Waals surface area contributed by atoms with Gasteiger partial charge in [0.05, 0.1) is 12.9 Å². The van der Waals surface area contributed by atoms with Gasteiger partial charge in [0.2, 0.25) is 47.3 Å². The molecule has 0 spiro atoms. The van der Waals surface area contributed by atoms with Gasteiger partial charge in [0, 0.05) is 60.5 Å². The highest BCUT2D eigenvalue weighted by atomic mass is 33.1. The molecule has 4 heterocycles. The molecule has 30 heteroatoms. The molecule has 3 aliphatic heterocycles. The number of nitrogens with two attached hydrogens (primary N) is 2. The Morgan fingerprint density at radius 2 is 1.33 bits per heavy atom. The lowest BCUT2D eigenvalue weighted by atomic mass is 10.0. The van der Waals surface area contributed by atoms with Crippen LogP contribution in [-0.4, -0.2) is 178 Å². The summed E-state index contributed by atoms with van der Waals surface area (Å²) in [5.74, 6) is -10.4. The van der Waals surface area contributed by atoms with Crippen LogP contribution in [0.1, 0.15) is 69.4 Å². The van der Waals surface area contributed by atoms with Crippen molar-refractivity contribution in [2.45, 2.75) is 126 Å². The maximum atomic E-state index is 14.7. The van der Waals surface area contributed by atoms with Crippen molar-refractivity contribution in [2.24, 2.45) is 16.5 Å². The molecule has 0 bridgehead atoms. The molecule has 6 rings (SSSR count). The predicted molar refractivity (Wildman–Crippen MR) is 304 cm³/mol. The molecule has 3 aromatic rings. The third-order valence-corrected chi connectivity index (χ3v) is 16.0. The topological polar surface area (TPSA) is 436 Å². The second-order valence-electron chi connectivity index (χ2n) is 19.8. The van der Waals surface area contributed by atoms with Crippen LogP contribution in [0.15, 0.2) is 65.8 Å². The van der Waals surface area contributed by atoms with Crippen molar-refractivity contribution in [1.29, 1.82) is 5.41 Å². The number of carbonyl (C=O) groups is 11. The summed E-state index contributed by atoms with van der Waals surface area (Å²) in [7, 11) is 1.84. The Balaban J connectivity index is 1.38. The third-order valence-electron chi connectivity index (χ3n) is 13.5. The number of rotatable bonds is 20. The Morgan fingerprint density at radius 3 is 2.01 bits per heavy atom. The van der Waals surface area contributed by atoms with Gasteiger partial charge in [-0.2, -0.15) is 0 Å². The Labute approximate surface area is 479 Å². The number of carboxylic acids is 1. The van der Waals surface area contributed by atoms with E-state index >= 15 is 0 Å². The van der Waals surface area contributed by atoms with E-state index in [0.29, 0.717) is 34.3 Å². The number of fused-ring (bicyclic) bond motifs is 1. The van der Waals surface area contributed by atoms with Crippen molar-refractivity contribution < 1.29 is 57.8 Å². The minimum atomic E-state index is -1.68. The normalized spacial score (nSPS) is 24.4. The summed E-state index contributed by atoms with van der Waals surface area (Å²) in [4.78, 5) is 160. The van der Waals surface area contributed by atoms with Gasteiger partial charge in [-0.3, -0.25) is 63.2 Å². The number of aromatic nitrogens is 1. The number of H-pyrrole nitrogens is 1. The fourth-order valence-electron chi connectivity index (χ4n) is 9.13. The smallest absolute Gasteiger partial charge is 0.325 e. The molecule has 11 amide bonds. The molecular weight excluding hydrogens is 1100 g/mol. The number of imide groups is 1. The van der Waals surface area contributed by atoms with Crippen LogP contribution in [0.5, 0.6) is 0 Å². The first-order chi connectivity index (χ1) is 39.3. The number of guanidine groups is 1. The highest BCUT2D eigenvalue weighted by molar-refractivity contribution is 8.76. The summed E-state index contributed by atoms with van der Waals surface area (Å²) in [5, 5.41) is 44.8. The van der Waals surface area contributed by atoms with Gasteiger partial charge in [0.25, 0.3) is 5.91 Å². The fraction of sp³-hybridized carbons (Fsp3) is 0.481. The van der Waals surface area contributed by atoms with E-state index in [2.05, 4.69) is 63.1 Å². The van der Waals surface area contributed by atoms with Crippen molar-refractivity contribution in [3.05, 3.63) is 71.9 Å². The Kier molecular flexibility index (Phi) is 23.7. The molecule has 0 aliphatic carbocycles. The Morgan fingerprint density at radius 1 is 0.720 bits per heavy atom. The van der Waals surface area contributed by atoms with Gasteiger partial charge in [-0.25, -0.2) is 4.79 Å². The molecule has 2 saturated heterocycles. The lowest BCUT2D eigenvalue weighted by Gasteiger charge is -2.28. The summed E-state index contributed by atoms with van der Waals surface area (Å²) in [6.07, 6.45) is 3.15. The van der Waals surface area contributed by atoms with Crippen molar-refractivity contribution in [3.63, 3.8) is 0 Å². The van der Waals surface area contributed by atoms with Crippen LogP contribution in [0.2, 0.25) is 0 Å². The van der Waals surface area contributed by atoms with E-state index in [-0.39, 0.29) is 62.7 Å². The molecule has 0 radical (unpaired) electrons. The largest absolute Gasteiger partial charge is 0.481 e. The first-order valence-corrected chi connectivity index (χ1v) is 29.2. The van der Waals surface area contributed by atoms with Gasteiger partial charge in [-0.15, -0.1) is 0 Å². The molecule has 2 aromatic carbocycles. The lowest BCUT2D eigenvalue weighted by molar-refractivity contribution is -0.138. The van der Waals surface area contributed by atoms with Crippen molar-refractivity contribution in [1.82, 2.24) is 63.1 Å². The first kappa shape index (κ1) is 62.8. The number of aromatic amines is 1. The van der Waals surface area contributed by atoms with Crippen molar-refractivity contribution in [3.8, 4) is 0 Å². The van der Waals surface area contributed by atoms with Gasteiger partial charge in [-0.1, -0.05) is 89.9 Å². The van der Waals surface area contributed by atoms with E-state index in [4.69, 9.17) is 16.9 Å². The van der Waals surface area contributed by atoms with Crippen LogP contribution < -0.4 is 64.6 Å². The molecule has 28 nitrogen and oxygen atoms in total. The average Bonchev–Trinajstić information content (AvgIpc) is 4.30. The number of primary amides is 1.